The predicted octanol–water partition coefficient (Wildman–Crippen LogP) is 4.26. The lowest BCUT2D eigenvalue weighted by Crippen LogP contribution is -2.28. The molecular formula is C22H20FNO3. The van der Waals surface area contributed by atoms with Crippen molar-refractivity contribution in [3.8, 4) is 0 Å². The topological polar surface area (TPSA) is 46.6 Å². The number of methoxy groups -OCH3 is 1. The summed E-state index contributed by atoms with van der Waals surface area (Å²) in [4.78, 5) is 27.1. The van der Waals surface area contributed by atoms with E-state index < -0.39 is 11.8 Å². The van der Waals surface area contributed by atoms with Gasteiger partial charge in [0.2, 0.25) is 0 Å². The number of rotatable bonds is 4. The van der Waals surface area contributed by atoms with Crippen molar-refractivity contribution in [3.05, 3.63) is 88.4 Å². The van der Waals surface area contributed by atoms with Crippen LogP contribution in [-0.4, -0.2) is 23.9 Å². The number of esters is 1. The molecule has 5 heteroatoms. The maximum atomic E-state index is 14.1. The number of ether oxygens (including phenoxy) is 1. The largest absolute Gasteiger partial charge is 0.465 e. The Morgan fingerprint density at radius 2 is 1.74 bits per heavy atom. The number of halogens is 1. The standard InChI is InChI=1S/C22H20FNO3/c1-14(16-9-5-4-6-10-16)24-15(2)20(22(26)27-3)18(21(24)25)13-17-11-7-8-12-19(17)23/h4-14H,1-3H3. The molecular weight excluding hydrogens is 345 g/mol. The lowest BCUT2D eigenvalue weighted by Gasteiger charge is -2.26. The van der Waals surface area contributed by atoms with Crippen molar-refractivity contribution < 1.29 is 18.7 Å². The average molecular weight is 365 g/mol. The summed E-state index contributed by atoms with van der Waals surface area (Å²) in [5.41, 5.74) is 1.96. The van der Waals surface area contributed by atoms with Gasteiger partial charge in [-0.25, -0.2) is 9.18 Å². The van der Waals surface area contributed by atoms with E-state index in [9.17, 15) is 14.0 Å². The number of allylic oxidation sites excluding steroid dienone is 1. The highest BCUT2D eigenvalue weighted by Gasteiger charge is 2.39. The van der Waals surface area contributed by atoms with Gasteiger partial charge in [-0.1, -0.05) is 48.5 Å². The molecule has 138 valence electrons. The van der Waals surface area contributed by atoms with Gasteiger partial charge >= 0.3 is 5.97 Å². The van der Waals surface area contributed by atoms with Crippen LogP contribution in [0.5, 0.6) is 0 Å². The molecule has 1 aliphatic rings. The normalized spacial score (nSPS) is 16.8. The highest BCUT2D eigenvalue weighted by molar-refractivity contribution is 6.16. The Bertz CT molecular complexity index is 947. The summed E-state index contributed by atoms with van der Waals surface area (Å²) in [6, 6.07) is 15.3. The molecule has 2 aromatic rings. The van der Waals surface area contributed by atoms with Gasteiger partial charge in [-0.15, -0.1) is 0 Å². The molecule has 0 radical (unpaired) electrons. The van der Waals surface area contributed by atoms with Crippen LogP contribution in [0.4, 0.5) is 4.39 Å². The van der Waals surface area contributed by atoms with Crippen LogP contribution in [0.15, 0.2) is 71.4 Å². The summed E-state index contributed by atoms with van der Waals surface area (Å²) in [7, 11) is 1.26. The summed E-state index contributed by atoms with van der Waals surface area (Å²) in [5.74, 6) is -1.44. The maximum Gasteiger partial charge on any atom is 0.340 e. The van der Waals surface area contributed by atoms with Crippen LogP contribution in [0.25, 0.3) is 6.08 Å². The van der Waals surface area contributed by atoms with Gasteiger partial charge in [0.1, 0.15) is 5.82 Å². The Morgan fingerprint density at radius 3 is 2.37 bits per heavy atom. The molecule has 0 aromatic heterocycles. The van der Waals surface area contributed by atoms with E-state index in [-0.39, 0.29) is 28.7 Å². The molecule has 2 aromatic carbocycles. The van der Waals surface area contributed by atoms with Crippen LogP contribution in [0.3, 0.4) is 0 Å². The molecule has 27 heavy (non-hydrogen) atoms. The Labute approximate surface area is 157 Å². The number of hydrogen-bond acceptors (Lipinski definition) is 3. The molecule has 0 aliphatic carbocycles. The van der Waals surface area contributed by atoms with Crippen molar-refractivity contribution >= 4 is 18.0 Å². The van der Waals surface area contributed by atoms with E-state index in [0.29, 0.717) is 5.70 Å². The van der Waals surface area contributed by atoms with Crippen LogP contribution in [0.2, 0.25) is 0 Å². The lowest BCUT2D eigenvalue weighted by molar-refractivity contribution is -0.136. The fourth-order valence-corrected chi connectivity index (χ4v) is 3.29. The zero-order chi connectivity index (χ0) is 19.6. The molecule has 1 heterocycles. The third-order valence-corrected chi connectivity index (χ3v) is 4.71. The molecule has 1 atom stereocenters. The van der Waals surface area contributed by atoms with E-state index in [0.717, 1.165) is 5.56 Å². The van der Waals surface area contributed by atoms with Crippen molar-refractivity contribution in [1.82, 2.24) is 4.90 Å². The van der Waals surface area contributed by atoms with E-state index in [1.54, 1.807) is 30.0 Å². The molecule has 1 amide bonds. The van der Waals surface area contributed by atoms with Gasteiger partial charge in [-0.3, -0.25) is 4.79 Å². The number of benzene rings is 2. The van der Waals surface area contributed by atoms with Crippen LogP contribution in [0, 0.1) is 5.82 Å². The fourth-order valence-electron chi connectivity index (χ4n) is 3.29. The Morgan fingerprint density at radius 1 is 1.11 bits per heavy atom. The van der Waals surface area contributed by atoms with E-state index in [2.05, 4.69) is 0 Å². The minimum atomic E-state index is -0.619. The lowest BCUT2D eigenvalue weighted by atomic mass is 10.0. The number of carbonyl (C=O) groups excluding carboxylic acids is 2. The van der Waals surface area contributed by atoms with Crippen molar-refractivity contribution in [1.29, 1.82) is 0 Å². The van der Waals surface area contributed by atoms with Gasteiger partial charge in [0.25, 0.3) is 5.91 Å². The highest BCUT2D eigenvalue weighted by Crippen LogP contribution is 2.37. The second-order valence-corrected chi connectivity index (χ2v) is 6.29. The zero-order valence-corrected chi connectivity index (χ0v) is 15.4. The van der Waals surface area contributed by atoms with Gasteiger partial charge in [0, 0.05) is 11.3 Å². The molecule has 0 saturated heterocycles. The van der Waals surface area contributed by atoms with Crippen molar-refractivity contribution in [3.63, 3.8) is 0 Å². The molecule has 0 saturated carbocycles. The first-order chi connectivity index (χ1) is 13.0. The first kappa shape index (κ1) is 18.6. The molecule has 1 aliphatic heterocycles. The second-order valence-electron chi connectivity index (χ2n) is 6.29. The maximum absolute atomic E-state index is 14.1. The molecule has 0 fully saturated rings. The SMILES string of the molecule is COC(=O)C1=C(C)N(C(C)c2ccccc2)C(=O)C1=Cc1ccccc1F. The van der Waals surface area contributed by atoms with Crippen molar-refractivity contribution in [2.45, 2.75) is 19.9 Å². The summed E-state index contributed by atoms with van der Waals surface area (Å²) >= 11 is 0. The van der Waals surface area contributed by atoms with Crippen molar-refractivity contribution in [2.24, 2.45) is 0 Å². The Kier molecular flexibility index (Phi) is 5.21. The summed E-state index contributed by atoms with van der Waals surface area (Å²) in [5, 5.41) is 0. The fraction of sp³-hybridized carbons (Fsp3) is 0.182. The smallest absolute Gasteiger partial charge is 0.340 e. The summed E-state index contributed by atoms with van der Waals surface area (Å²) < 4.78 is 19.0. The van der Waals surface area contributed by atoms with Crippen LogP contribution >= 0.6 is 0 Å². The van der Waals surface area contributed by atoms with Gasteiger partial charge in [-0.2, -0.15) is 0 Å². The number of hydrogen-bond donors (Lipinski definition) is 0. The molecule has 4 nitrogen and oxygen atoms in total. The first-order valence-electron chi connectivity index (χ1n) is 8.60. The molecule has 0 bridgehead atoms. The second kappa shape index (κ2) is 7.58. The van der Waals surface area contributed by atoms with Crippen LogP contribution in [0.1, 0.15) is 31.0 Å². The molecule has 3 rings (SSSR count). The van der Waals surface area contributed by atoms with Gasteiger partial charge in [0.15, 0.2) is 0 Å². The molecule has 0 N–H and O–H groups in total. The molecule has 0 spiro atoms. The Balaban J connectivity index is 2.11. The van der Waals surface area contributed by atoms with E-state index in [1.807, 2.05) is 37.3 Å². The van der Waals surface area contributed by atoms with Gasteiger partial charge in [-0.05, 0) is 31.6 Å². The quantitative estimate of drug-likeness (QED) is 0.601. The van der Waals surface area contributed by atoms with Gasteiger partial charge in [0.05, 0.1) is 24.3 Å². The zero-order valence-electron chi connectivity index (χ0n) is 15.4. The van der Waals surface area contributed by atoms with Crippen molar-refractivity contribution in [2.75, 3.05) is 7.11 Å². The Hall–Kier alpha value is -3.21. The van der Waals surface area contributed by atoms with Gasteiger partial charge < -0.3 is 9.64 Å². The third kappa shape index (κ3) is 3.40. The summed E-state index contributed by atoms with van der Waals surface area (Å²) in [6.07, 6.45) is 1.41. The average Bonchev–Trinajstić information content (AvgIpc) is 2.93. The van der Waals surface area contributed by atoms with E-state index >= 15 is 0 Å². The number of carbonyl (C=O) groups is 2. The minimum Gasteiger partial charge on any atom is -0.465 e. The highest BCUT2D eigenvalue weighted by atomic mass is 19.1. The minimum absolute atomic E-state index is 0.132. The number of amides is 1. The predicted molar refractivity (Wildman–Crippen MR) is 101 cm³/mol. The first-order valence-corrected chi connectivity index (χ1v) is 8.60. The van der Waals surface area contributed by atoms with E-state index in [4.69, 9.17) is 4.74 Å². The number of nitrogens with zero attached hydrogens (tertiary/aromatic N) is 1. The van der Waals surface area contributed by atoms with Crippen LogP contribution in [-0.2, 0) is 14.3 Å². The van der Waals surface area contributed by atoms with E-state index in [1.165, 1.54) is 19.3 Å². The third-order valence-electron chi connectivity index (χ3n) is 4.71. The summed E-state index contributed by atoms with van der Waals surface area (Å²) in [6.45, 7) is 3.59. The molecule has 1 unspecified atom stereocenters. The van der Waals surface area contributed by atoms with Crippen LogP contribution < -0.4 is 0 Å². The monoisotopic (exact) mass is 365 g/mol.